The van der Waals surface area contributed by atoms with E-state index in [1.807, 2.05) is 24.3 Å². The van der Waals surface area contributed by atoms with Gasteiger partial charge in [0.1, 0.15) is 18.2 Å². The maximum Gasteiger partial charge on any atom is 0.419 e. The summed E-state index contributed by atoms with van der Waals surface area (Å²) in [7, 11) is 1.63. The number of hydrogen-bond donors (Lipinski definition) is 0. The molecule has 3 rings (SSSR count). The van der Waals surface area contributed by atoms with Crippen molar-refractivity contribution in [1.29, 1.82) is 0 Å². The van der Waals surface area contributed by atoms with Crippen LogP contribution in [0.5, 0.6) is 5.75 Å². The molecule has 0 saturated heterocycles. The van der Waals surface area contributed by atoms with Crippen molar-refractivity contribution in [3.8, 4) is 5.75 Å². The lowest BCUT2D eigenvalue weighted by Gasteiger charge is -2.21. The zero-order valence-electron chi connectivity index (χ0n) is 13.4. The van der Waals surface area contributed by atoms with Crippen molar-refractivity contribution in [3.05, 3.63) is 48.0 Å². The molecular weight excluding hydrogens is 292 g/mol. The van der Waals surface area contributed by atoms with E-state index in [9.17, 15) is 4.79 Å². The zero-order valence-corrected chi connectivity index (χ0v) is 13.4. The van der Waals surface area contributed by atoms with Gasteiger partial charge in [-0.1, -0.05) is 31.4 Å². The lowest BCUT2D eigenvalue weighted by atomic mass is 9.89. The van der Waals surface area contributed by atoms with E-state index < -0.39 is 0 Å². The van der Waals surface area contributed by atoms with Gasteiger partial charge in [-0.05, 0) is 30.5 Å². The minimum Gasteiger partial charge on any atom is -0.497 e. The molecule has 1 saturated carbocycles. The van der Waals surface area contributed by atoms with Crippen LogP contribution >= 0.6 is 0 Å². The standard InChI is InChI=1S/C18H22N2O3/c1-22-16-9-7-14(8-10-16)13-23-18(21)20-12-11-19-17(20)15-5-3-2-4-6-15/h7-12,15H,2-6,13H2,1H3. The van der Waals surface area contributed by atoms with Gasteiger partial charge in [-0.25, -0.2) is 14.3 Å². The Morgan fingerprint density at radius 3 is 2.65 bits per heavy atom. The first kappa shape index (κ1) is 15.6. The number of benzene rings is 1. The summed E-state index contributed by atoms with van der Waals surface area (Å²) in [6.07, 6.45) is 8.90. The summed E-state index contributed by atoms with van der Waals surface area (Å²) >= 11 is 0. The first-order valence-electron chi connectivity index (χ1n) is 8.11. The summed E-state index contributed by atoms with van der Waals surface area (Å²) < 4.78 is 12.1. The molecule has 1 aromatic heterocycles. The molecule has 0 radical (unpaired) electrons. The Morgan fingerprint density at radius 2 is 1.96 bits per heavy atom. The largest absolute Gasteiger partial charge is 0.497 e. The number of imidazole rings is 1. The van der Waals surface area contributed by atoms with Gasteiger partial charge in [-0.3, -0.25) is 0 Å². The van der Waals surface area contributed by atoms with Crippen LogP contribution in [0.15, 0.2) is 36.7 Å². The number of ether oxygens (including phenoxy) is 2. The van der Waals surface area contributed by atoms with Crippen LogP contribution in [0, 0.1) is 0 Å². The molecule has 5 heteroatoms. The number of carbonyl (C=O) groups is 1. The lowest BCUT2D eigenvalue weighted by Crippen LogP contribution is -2.19. The molecule has 0 N–H and O–H groups in total. The fourth-order valence-electron chi connectivity index (χ4n) is 3.07. The molecule has 1 aliphatic carbocycles. The topological polar surface area (TPSA) is 53.4 Å². The molecule has 5 nitrogen and oxygen atoms in total. The van der Waals surface area contributed by atoms with Crippen LogP contribution in [0.3, 0.4) is 0 Å². The molecule has 0 spiro atoms. The highest BCUT2D eigenvalue weighted by Crippen LogP contribution is 2.31. The van der Waals surface area contributed by atoms with Crippen molar-refractivity contribution in [3.63, 3.8) is 0 Å². The van der Waals surface area contributed by atoms with Crippen LogP contribution in [-0.2, 0) is 11.3 Å². The van der Waals surface area contributed by atoms with Crippen LogP contribution in [0.25, 0.3) is 0 Å². The highest BCUT2D eigenvalue weighted by Gasteiger charge is 2.22. The van der Waals surface area contributed by atoms with E-state index in [2.05, 4.69) is 4.98 Å². The van der Waals surface area contributed by atoms with E-state index in [4.69, 9.17) is 9.47 Å². The van der Waals surface area contributed by atoms with Crippen LogP contribution in [0.4, 0.5) is 4.79 Å². The minimum atomic E-state index is -0.362. The molecule has 2 aromatic rings. The molecule has 1 fully saturated rings. The second kappa shape index (κ2) is 7.31. The first-order valence-corrected chi connectivity index (χ1v) is 8.11. The summed E-state index contributed by atoms with van der Waals surface area (Å²) in [6, 6.07) is 7.49. The fraction of sp³-hybridized carbons (Fsp3) is 0.444. The summed E-state index contributed by atoms with van der Waals surface area (Å²) in [4.78, 5) is 16.7. The minimum absolute atomic E-state index is 0.241. The third-order valence-corrected chi connectivity index (χ3v) is 4.36. The summed E-state index contributed by atoms with van der Waals surface area (Å²) in [5.41, 5.74) is 0.929. The maximum atomic E-state index is 12.3. The fourth-order valence-corrected chi connectivity index (χ4v) is 3.07. The Hall–Kier alpha value is -2.30. The number of methoxy groups -OCH3 is 1. The lowest BCUT2D eigenvalue weighted by molar-refractivity contribution is 0.139. The molecular formula is C18H22N2O3. The van der Waals surface area contributed by atoms with Gasteiger partial charge in [0.15, 0.2) is 0 Å². The van der Waals surface area contributed by atoms with Crippen molar-refractivity contribution < 1.29 is 14.3 Å². The molecule has 0 amide bonds. The normalized spacial score (nSPS) is 15.3. The molecule has 0 atom stereocenters. The van der Waals surface area contributed by atoms with Crippen LogP contribution in [0.1, 0.15) is 49.4 Å². The van der Waals surface area contributed by atoms with Gasteiger partial charge in [0.05, 0.1) is 7.11 Å². The second-order valence-electron chi connectivity index (χ2n) is 5.89. The Bertz CT molecular complexity index is 643. The molecule has 0 bridgehead atoms. The molecule has 0 aliphatic heterocycles. The van der Waals surface area contributed by atoms with Gasteiger partial charge >= 0.3 is 6.09 Å². The van der Waals surface area contributed by atoms with Crippen molar-refractivity contribution in [2.75, 3.05) is 7.11 Å². The van der Waals surface area contributed by atoms with Crippen molar-refractivity contribution in [1.82, 2.24) is 9.55 Å². The number of hydrogen-bond acceptors (Lipinski definition) is 4. The van der Waals surface area contributed by atoms with Gasteiger partial charge in [-0.15, -0.1) is 0 Å². The molecule has 122 valence electrons. The van der Waals surface area contributed by atoms with E-state index in [1.165, 1.54) is 19.3 Å². The van der Waals surface area contributed by atoms with Crippen LogP contribution in [0.2, 0.25) is 0 Å². The van der Waals surface area contributed by atoms with Crippen LogP contribution in [-0.4, -0.2) is 22.8 Å². The maximum absolute atomic E-state index is 12.3. The predicted octanol–water partition coefficient (Wildman–Crippen LogP) is 4.12. The molecule has 0 unspecified atom stereocenters. The SMILES string of the molecule is COc1ccc(COC(=O)n2ccnc2C2CCCCC2)cc1. The monoisotopic (exact) mass is 314 g/mol. The molecule has 1 heterocycles. The third-order valence-electron chi connectivity index (χ3n) is 4.36. The van der Waals surface area contributed by atoms with Crippen molar-refractivity contribution in [2.24, 2.45) is 0 Å². The number of rotatable bonds is 4. The van der Waals surface area contributed by atoms with Gasteiger partial charge in [0.2, 0.25) is 0 Å². The summed E-state index contributed by atoms with van der Waals surface area (Å²) in [5, 5.41) is 0. The van der Waals surface area contributed by atoms with E-state index in [1.54, 1.807) is 24.1 Å². The molecule has 1 aromatic carbocycles. The second-order valence-corrected chi connectivity index (χ2v) is 5.89. The predicted molar refractivity (Wildman–Crippen MR) is 86.6 cm³/mol. The van der Waals surface area contributed by atoms with Gasteiger partial charge in [0, 0.05) is 18.3 Å². The van der Waals surface area contributed by atoms with Crippen LogP contribution < -0.4 is 4.74 Å². The average molecular weight is 314 g/mol. The Balaban J connectivity index is 1.63. The van der Waals surface area contributed by atoms with Gasteiger partial charge < -0.3 is 9.47 Å². The number of nitrogens with zero attached hydrogens (tertiary/aromatic N) is 2. The number of carbonyl (C=O) groups excluding carboxylic acids is 1. The Labute approximate surface area is 136 Å². The van der Waals surface area contributed by atoms with Gasteiger partial charge in [-0.2, -0.15) is 0 Å². The summed E-state index contributed by atoms with van der Waals surface area (Å²) in [5.74, 6) is 1.99. The van der Waals surface area contributed by atoms with E-state index >= 15 is 0 Å². The molecule has 1 aliphatic rings. The van der Waals surface area contributed by atoms with E-state index in [-0.39, 0.29) is 12.7 Å². The highest BCUT2D eigenvalue weighted by atomic mass is 16.5. The quantitative estimate of drug-likeness (QED) is 0.851. The van der Waals surface area contributed by atoms with Crippen molar-refractivity contribution in [2.45, 2.75) is 44.6 Å². The highest BCUT2D eigenvalue weighted by molar-refractivity contribution is 5.71. The van der Waals surface area contributed by atoms with Crippen molar-refractivity contribution >= 4 is 6.09 Å². The van der Waals surface area contributed by atoms with Gasteiger partial charge in [0.25, 0.3) is 0 Å². The van der Waals surface area contributed by atoms with E-state index in [0.29, 0.717) is 5.92 Å². The molecule has 23 heavy (non-hydrogen) atoms. The summed E-state index contributed by atoms with van der Waals surface area (Å²) in [6.45, 7) is 0.241. The Morgan fingerprint density at radius 1 is 1.22 bits per heavy atom. The zero-order chi connectivity index (χ0) is 16.1. The first-order chi connectivity index (χ1) is 11.3. The average Bonchev–Trinajstić information content (AvgIpc) is 3.11. The van der Waals surface area contributed by atoms with E-state index in [0.717, 1.165) is 30.0 Å². The smallest absolute Gasteiger partial charge is 0.419 e. The third kappa shape index (κ3) is 3.73. The number of aromatic nitrogens is 2. The Kier molecular flexibility index (Phi) is 4.95.